The number of benzene rings is 3. The first-order valence-electron chi connectivity index (χ1n) is 9.81. The Morgan fingerprint density at radius 1 is 1.00 bits per heavy atom. The van der Waals surface area contributed by atoms with Crippen LogP contribution in [0.5, 0.6) is 11.5 Å². The van der Waals surface area contributed by atoms with Gasteiger partial charge in [-0.05, 0) is 42.0 Å². The highest BCUT2D eigenvalue weighted by Crippen LogP contribution is 2.30. The number of carbonyl (C=O) groups excluding carboxylic acids is 2. The number of nitrogens with one attached hydrogen (secondary N) is 1. The molecule has 0 aliphatic carbocycles. The Bertz CT molecular complexity index is 1250. The molecule has 4 rings (SSSR count). The predicted molar refractivity (Wildman–Crippen MR) is 119 cm³/mol. The van der Waals surface area contributed by atoms with Crippen LogP contribution in [-0.4, -0.2) is 19.0 Å². The minimum Gasteiger partial charge on any atom is -0.493 e. The van der Waals surface area contributed by atoms with E-state index in [1.54, 1.807) is 60.7 Å². The molecule has 1 aliphatic rings. The fraction of sp³-hybridized carbons (Fsp3) is 0.0800. The number of hydrogen-bond acceptors (Lipinski definition) is 5. The van der Waals surface area contributed by atoms with Crippen molar-refractivity contribution in [2.75, 3.05) is 12.0 Å². The average Bonchev–Trinajstić information content (AvgIpc) is 3.11. The molecule has 1 fully saturated rings. The molecule has 0 atom stereocenters. The summed E-state index contributed by atoms with van der Waals surface area (Å²) in [5.74, 6) is 0.522. The number of imide groups is 1. The van der Waals surface area contributed by atoms with Gasteiger partial charge < -0.3 is 14.8 Å². The highest BCUT2D eigenvalue weighted by molar-refractivity contribution is 6.28. The number of hydrogen-bond donors (Lipinski definition) is 1. The third kappa shape index (κ3) is 4.16. The van der Waals surface area contributed by atoms with Crippen molar-refractivity contribution in [2.24, 2.45) is 0 Å². The molecule has 1 aliphatic heterocycles. The van der Waals surface area contributed by atoms with Crippen molar-refractivity contribution < 1.29 is 19.1 Å². The second kappa shape index (κ2) is 9.06. The van der Waals surface area contributed by atoms with Crippen LogP contribution >= 0.6 is 0 Å². The summed E-state index contributed by atoms with van der Waals surface area (Å²) in [5, 5.41) is 11.8. The first-order chi connectivity index (χ1) is 15.6. The summed E-state index contributed by atoms with van der Waals surface area (Å²) in [6.45, 7) is 0.209. The number of methoxy groups -OCH3 is 1. The van der Waals surface area contributed by atoms with Gasteiger partial charge in [-0.2, -0.15) is 5.26 Å². The third-order valence-corrected chi connectivity index (χ3v) is 4.91. The van der Waals surface area contributed by atoms with Gasteiger partial charge in [-0.15, -0.1) is 0 Å². The molecular formula is C25H19N3O4. The molecule has 32 heavy (non-hydrogen) atoms. The molecule has 0 saturated carbocycles. The summed E-state index contributed by atoms with van der Waals surface area (Å²) in [5.41, 5.74) is 2.63. The van der Waals surface area contributed by atoms with E-state index in [-0.39, 0.29) is 12.3 Å². The molecule has 1 heterocycles. The maximum Gasteiger partial charge on any atom is 0.333 e. The summed E-state index contributed by atoms with van der Waals surface area (Å²) in [6, 6.07) is 22.8. The van der Waals surface area contributed by atoms with Crippen molar-refractivity contribution >= 4 is 23.7 Å². The molecule has 1 saturated heterocycles. The van der Waals surface area contributed by atoms with E-state index in [4.69, 9.17) is 9.47 Å². The number of ether oxygens (including phenoxy) is 2. The van der Waals surface area contributed by atoms with E-state index in [0.717, 1.165) is 10.5 Å². The number of anilines is 1. The molecule has 0 radical (unpaired) electrons. The zero-order valence-electron chi connectivity index (χ0n) is 17.2. The standard InChI is InChI=1S/C25H19N3O4/c1-31-23-14-17(11-12-22(23)32-16-19-8-6-5-7-18(19)15-26)13-21-24(29)28(25(30)27-21)20-9-3-2-4-10-20/h2-14H,16H2,1H3,(H,27,30). The summed E-state index contributed by atoms with van der Waals surface area (Å²) in [7, 11) is 1.52. The Hall–Kier alpha value is -4.57. The second-order valence-corrected chi connectivity index (χ2v) is 6.93. The van der Waals surface area contributed by atoms with E-state index < -0.39 is 11.9 Å². The molecule has 7 nitrogen and oxygen atoms in total. The van der Waals surface area contributed by atoms with Crippen molar-refractivity contribution in [3.8, 4) is 17.6 Å². The second-order valence-electron chi connectivity index (χ2n) is 6.93. The molecule has 0 bridgehead atoms. The first kappa shape index (κ1) is 20.7. The van der Waals surface area contributed by atoms with Gasteiger partial charge >= 0.3 is 6.03 Å². The highest BCUT2D eigenvalue weighted by Gasteiger charge is 2.34. The summed E-state index contributed by atoms with van der Waals surface area (Å²) >= 11 is 0. The van der Waals surface area contributed by atoms with E-state index in [1.165, 1.54) is 7.11 Å². The molecule has 3 aromatic rings. The van der Waals surface area contributed by atoms with Crippen LogP contribution in [0.4, 0.5) is 10.5 Å². The Balaban J connectivity index is 1.54. The maximum atomic E-state index is 12.8. The van der Waals surface area contributed by atoms with Crippen molar-refractivity contribution in [1.29, 1.82) is 5.26 Å². The lowest BCUT2D eigenvalue weighted by molar-refractivity contribution is -0.113. The number of nitriles is 1. The molecule has 1 N–H and O–H groups in total. The largest absolute Gasteiger partial charge is 0.493 e. The molecule has 158 valence electrons. The van der Waals surface area contributed by atoms with Crippen molar-refractivity contribution in [3.05, 3.63) is 95.2 Å². The average molecular weight is 425 g/mol. The van der Waals surface area contributed by atoms with Gasteiger partial charge in [0.25, 0.3) is 5.91 Å². The number of nitrogens with zero attached hydrogens (tertiary/aromatic N) is 2. The number of carbonyl (C=O) groups is 2. The van der Waals surface area contributed by atoms with Gasteiger partial charge in [-0.1, -0.05) is 42.5 Å². The van der Waals surface area contributed by atoms with E-state index in [0.29, 0.717) is 28.3 Å². The number of amides is 3. The molecule has 3 aromatic carbocycles. The number of para-hydroxylation sites is 1. The molecular weight excluding hydrogens is 406 g/mol. The molecule has 3 amide bonds. The third-order valence-electron chi connectivity index (χ3n) is 4.91. The van der Waals surface area contributed by atoms with Crippen molar-refractivity contribution in [1.82, 2.24) is 5.32 Å². The normalized spacial score (nSPS) is 14.2. The van der Waals surface area contributed by atoms with E-state index in [1.807, 2.05) is 18.2 Å². The van der Waals surface area contributed by atoms with Crippen LogP contribution in [0.25, 0.3) is 6.08 Å². The van der Waals surface area contributed by atoms with Crippen LogP contribution in [0.2, 0.25) is 0 Å². The maximum absolute atomic E-state index is 12.8. The van der Waals surface area contributed by atoms with E-state index in [9.17, 15) is 14.9 Å². The van der Waals surface area contributed by atoms with Crippen LogP contribution in [0.15, 0.2) is 78.5 Å². The fourth-order valence-electron chi connectivity index (χ4n) is 3.32. The SMILES string of the molecule is COc1cc(C=C2NC(=O)N(c3ccccc3)C2=O)ccc1OCc1ccccc1C#N. The van der Waals surface area contributed by atoms with Gasteiger partial charge in [0.15, 0.2) is 11.5 Å². The topological polar surface area (TPSA) is 91.7 Å². The van der Waals surface area contributed by atoms with Gasteiger partial charge in [0.1, 0.15) is 12.3 Å². The summed E-state index contributed by atoms with van der Waals surface area (Å²) in [6.07, 6.45) is 1.58. The lowest BCUT2D eigenvalue weighted by atomic mass is 10.1. The highest BCUT2D eigenvalue weighted by atomic mass is 16.5. The summed E-state index contributed by atoms with van der Waals surface area (Å²) in [4.78, 5) is 26.2. The molecule has 0 unspecified atom stereocenters. The minimum absolute atomic E-state index is 0.164. The predicted octanol–water partition coefficient (Wildman–Crippen LogP) is 4.24. The van der Waals surface area contributed by atoms with Gasteiger partial charge in [-0.25, -0.2) is 9.69 Å². The summed E-state index contributed by atoms with van der Waals surface area (Å²) < 4.78 is 11.3. The zero-order valence-corrected chi connectivity index (χ0v) is 17.2. The van der Waals surface area contributed by atoms with Crippen LogP contribution in [0.3, 0.4) is 0 Å². The van der Waals surface area contributed by atoms with Crippen LogP contribution < -0.4 is 19.7 Å². The van der Waals surface area contributed by atoms with Crippen LogP contribution in [0.1, 0.15) is 16.7 Å². The van der Waals surface area contributed by atoms with Gasteiger partial charge in [0.2, 0.25) is 0 Å². The van der Waals surface area contributed by atoms with Crippen LogP contribution in [0, 0.1) is 11.3 Å². The Labute approximate surface area is 185 Å². The Morgan fingerprint density at radius 3 is 2.50 bits per heavy atom. The van der Waals surface area contributed by atoms with Gasteiger partial charge in [0, 0.05) is 5.56 Å². The molecule has 7 heteroatoms. The number of rotatable bonds is 6. The lowest BCUT2D eigenvalue weighted by Crippen LogP contribution is -2.30. The van der Waals surface area contributed by atoms with Crippen LogP contribution in [-0.2, 0) is 11.4 Å². The Morgan fingerprint density at radius 2 is 1.75 bits per heavy atom. The fourth-order valence-corrected chi connectivity index (χ4v) is 3.32. The quantitative estimate of drug-likeness (QED) is 0.471. The monoisotopic (exact) mass is 425 g/mol. The van der Waals surface area contributed by atoms with Gasteiger partial charge in [-0.3, -0.25) is 4.79 Å². The zero-order chi connectivity index (χ0) is 22.5. The van der Waals surface area contributed by atoms with E-state index in [2.05, 4.69) is 11.4 Å². The molecule has 0 spiro atoms. The Kier molecular flexibility index (Phi) is 5.86. The first-order valence-corrected chi connectivity index (χ1v) is 9.81. The van der Waals surface area contributed by atoms with Gasteiger partial charge in [0.05, 0.1) is 24.4 Å². The van der Waals surface area contributed by atoms with E-state index >= 15 is 0 Å². The smallest absolute Gasteiger partial charge is 0.333 e. The van der Waals surface area contributed by atoms with Crippen molar-refractivity contribution in [3.63, 3.8) is 0 Å². The number of urea groups is 1. The lowest BCUT2D eigenvalue weighted by Gasteiger charge is -2.12. The minimum atomic E-state index is -0.504. The molecule has 0 aromatic heterocycles. The van der Waals surface area contributed by atoms with Crippen molar-refractivity contribution in [2.45, 2.75) is 6.61 Å².